The lowest BCUT2D eigenvalue weighted by Crippen LogP contribution is -1.90. The Balaban J connectivity index is 2.71. The maximum absolute atomic E-state index is 10.7. The molecule has 0 fully saturated rings. The van der Waals surface area contributed by atoms with Gasteiger partial charge in [-0.3, -0.25) is 4.79 Å². The SMILES string of the molecule is COc1ccccc1CC=CC(C)=O. The molecule has 14 heavy (non-hydrogen) atoms. The van der Waals surface area contributed by atoms with Gasteiger partial charge in [-0.1, -0.05) is 24.3 Å². The Hall–Kier alpha value is -1.57. The van der Waals surface area contributed by atoms with E-state index >= 15 is 0 Å². The molecule has 2 heteroatoms. The highest BCUT2D eigenvalue weighted by molar-refractivity contribution is 5.87. The molecule has 0 aliphatic carbocycles. The van der Waals surface area contributed by atoms with Crippen LogP contribution in [0.15, 0.2) is 36.4 Å². The summed E-state index contributed by atoms with van der Waals surface area (Å²) in [5, 5.41) is 0. The predicted molar refractivity (Wildman–Crippen MR) is 56.5 cm³/mol. The lowest BCUT2D eigenvalue weighted by atomic mass is 10.1. The van der Waals surface area contributed by atoms with Crippen molar-refractivity contribution in [2.24, 2.45) is 0 Å². The van der Waals surface area contributed by atoms with Crippen LogP contribution in [-0.4, -0.2) is 12.9 Å². The van der Waals surface area contributed by atoms with Gasteiger partial charge in [-0.2, -0.15) is 0 Å². The number of allylic oxidation sites excluding steroid dienone is 2. The first kappa shape index (κ1) is 10.5. The molecule has 0 amide bonds. The largest absolute Gasteiger partial charge is 0.496 e. The Morgan fingerprint density at radius 1 is 1.43 bits per heavy atom. The number of carbonyl (C=O) groups excluding carboxylic acids is 1. The van der Waals surface area contributed by atoms with E-state index in [-0.39, 0.29) is 5.78 Å². The van der Waals surface area contributed by atoms with E-state index in [9.17, 15) is 4.79 Å². The van der Waals surface area contributed by atoms with E-state index in [1.807, 2.05) is 30.3 Å². The summed E-state index contributed by atoms with van der Waals surface area (Å²) < 4.78 is 5.18. The lowest BCUT2D eigenvalue weighted by Gasteiger charge is -2.04. The van der Waals surface area contributed by atoms with Gasteiger partial charge in [0.2, 0.25) is 0 Å². The minimum absolute atomic E-state index is 0.0693. The van der Waals surface area contributed by atoms with Gasteiger partial charge in [0.25, 0.3) is 0 Å². The number of rotatable bonds is 4. The molecule has 0 aliphatic rings. The number of hydrogen-bond donors (Lipinski definition) is 0. The van der Waals surface area contributed by atoms with Gasteiger partial charge in [-0.15, -0.1) is 0 Å². The standard InChI is InChI=1S/C12H14O2/c1-10(13)6-5-8-11-7-3-4-9-12(11)14-2/h3-7,9H,8H2,1-2H3. The van der Waals surface area contributed by atoms with Crippen molar-refractivity contribution in [1.82, 2.24) is 0 Å². The summed E-state index contributed by atoms with van der Waals surface area (Å²) in [6.45, 7) is 1.54. The first-order chi connectivity index (χ1) is 6.74. The van der Waals surface area contributed by atoms with Crippen LogP contribution in [0, 0.1) is 0 Å². The second kappa shape index (κ2) is 5.22. The fraction of sp³-hybridized carbons (Fsp3) is 0.250. The molecule has 0 bridgehead atoms. The van der Waals surface area contributed by atoms with Crippen LogP contribution in [-0.2, 0) is 11.2 Å². The molecule has 0 unspecified atom stereocenters. The molecule has 0 saturated carbocycles. The number of carbonyl (C=O) groups is 1. The summed E-state index contributed by atoms with van der Waals surface area (Å²) in [6, 6.07) is 7.79. The summed E-state index contributed by atoms with van der Waals surface area (Å²) in [4.78, 5) is 10.7. The molecule has 1 aromatic carbocycles. The fourth-order valence-corrected chi connectivity index (χ4v) is 1.22. The minimum atomic E-state index is 0.0693. The van der Waals surface area contributed by atoms with E-state index in [1.165, 1.54) is 0 Å². The van der Waals surface area contributed by atoms with Gasteiger partial charge in [0, 0.05) is 0 Å². The summed E-state index contributed by atoms with van der Waals surface area (Å²) in [5.41, 5.74) is 1.09. The predicted octanol–water partition coefficient (Wildman–Crippen LogP) is 2.38. The van der Waals surface area contributed by atoms with Crippen LogP contribution in [0.3, 0.4) is 0 Å². The van der Waals surface area contributed by atoms with Crippen LogP contribution in [0.4, 0.5) is 0 Å². The van der Waals surface area contributed by atoms with Gasteiger partial charge in [0.05, 0.1) is 7.11 Å². The number of hydrogen-bond acceptors (Lipinski definition) is 2. The zero-order valence-electron chi connectivity index (χ0n) is 8.49. The first-order valence-electron chi connectivity index (χ1n) is 4.53. The second-order valence-corrected chi connectivity index (χ2v) is 3.03. The monoisotopic (exact) mass is 190 g/mol. The van der Waals surface area contributed by atoms with E-state index in [4.69, 9.17) is 4.74 Å². The number of ketones is 1. The van der Waals surface area contributed by atoms with Gasteiger partial charge >= 0.3 is 0 Å². The quantitative estimate of drug-likeness (QED) is 0.681. The van der Waals surface area contributed by atoms with Crippen LogP contribution in [0.25, 0.3) is 0 Å². The van der Waals surface area contributed by atoms with Crippen molar-refractivity contribution in [2.45, 2.75) is 13.3 Å². The Morgan fingerprint density at radius 2 is 2.14 bits per heavy atom. The van der Waals surface area contributed by atoms with Crippen LogP contribution in [0.1, 0.15) is 12.5 Å². The molecular formula is C12H14O2. The third kappa shape index (κ3) is 3.05. The van der Waals surface area contributed by atoms with Crippen LogP contribution in [0.2, 0.25) is 0 Å². The summed E-state index contributed by atoms with van der Waals surface area (Å²) in [7, 11) is 1.65. The zero-order valence-corrected chi connectivity index (χ0v) is 8.49. The molecule has 1 aromatic rings. The molecule has 0 atom stereocenters. The zero-order chi connectivity index (χ0) is 10.4. The van der Waals surface area contributed by atoms with Gasteiger partial charge in [0.15, 0.2) is 5.78 Å². The molecule has 0 N–H and O–H groups in total. The molecule has 1 rings (SSSR count). The highest BCUT2D eigenvalue weighted by Crippen LogP contribution is 2.17. The first-order valence-corrected chi connectivity index (χ1v) is 4.53. The third-order valence-corrected chi connectivity index (χ3v) is 1.88. The molecule has 0 aliphatic heterocycles. The van der Waals surface area contributed by atoms with Crippen molar-refractivity contribution < 1.29 is 9.53 Å². The van der Waals surface area contributed by atoms with Crippen molar-refractivity contribution in [1.29, 1.82) is 0 Å². The highest BCUT2D eigenvalue weighted by atomic mass is 16.5. The van der Waals surface area contributed by atoms with E-state index in [2.05, 4.69) is 0 Å². The molecule has 0 spiro atoms. The van der Waals surface area contributed by atoms with Gasteiger partial charge in [-0.05, 0) is 31.1 Å². The van der Waals surface area contributed by atoms with Crippen molar-refractivity contribution in [3.63, 3.8) is 0 Å². The maximum Gasteiger partial charge on any atom is 0.152 e. The molecule has 0 aromatic heterocycles. The summed E-state index contributed by atoms with van der Waals surface area (Å²) in [6.07, 6.45) is 4.15. The third-order valence-electron chi connectivity index (χ3n) is 1.88. The number of benzene rings is 1. The fourth-order valence-electron chi connectivity index (χ4n) is 1.22. The Bertz CT molecular complexity index is 340. The molecular weight excluding hydrogens is 176 g/mol. The summed E-state index contributed by atoms with van der Waals surface area (Å²) in [5.74, 6) is 0.931. The number of para-hydroxylation sites is 1. The van der Waals surface area contributed by atoms with Crippen LogP contribution in [0.5, 0.6) is 5.75 Å². The van der Waals surface area contributed by atoms with Crippen LogP contribution < -0.4 is 4.74 Å². The number of methoxy groups -OCH3 is 1. The average Bonchev–Trinajstić information content (AvgIpc) is 2.18. The normalized spacial score (nSPS) is 10.4. The van der Waals surface area contributed by atoms with Gasteiger partial charge in [0.1, 0.15) is 5.75 Å². The Labute approximate surface area is 84.2 Å². The molecule has 2 nitrogen and oxygen atoms in total. The van der Waals surface area contributed by atoms with E-state index in [1.54, 1.807) is 20.1 Å². The molecule has 74 valence electrons. The van der Waals surface area contributed by atoms with Crippen molar-refractivity contribution in [3.05, 3.63) is 42.0 Å². The minimum Gasteiger partial charge on any atom is -0.496 e. The highest BCUT2D eigenvalue weighted by Gasteiger charge is 1.98. The molecule has 0 saturated heterocycles. The van der Waals surface area contributed by atoms with Gasteiger partial charge in [-0.25, -0.2) is 0 Å². The summed E-state index contributed by atoms with van der Waals surface area (Å²) >= 11 is 0. The molecule has 0 radical (unpaired) electrons. The van der Waals surface area contributed by atoms with Crippen molar-refractivity contribution in [3.8, 4) is 5.75 Å². The van der Waals surface area contributed by atoms with Gasteiger partial charge < -0.3 is 4.74 Å². The number of ether oxygens (including phenoxy) is 1. The van der Waals surface area contributed by atoms with Crippen LogP contribution >= 0.6 is 0 Å². The maximum atomic E-state index is 10.7. The lowest BCUT2D eigenvalue weighted by molar-refractivity contribution is -0.112. The Kier molecular flexibility index (Phi) is 3.92. The smallest absolute Gasteiger partial charge is 0.152 e. The van der Waals surface area contributed by atoms with E-state index < -0.39 is 0 Å². The van der Waals surface area contributed by atoms with Crippen molar-refractivity contribution >= 4 is 5.78 Å². The average molecular weight is 190 g/mol. The second-order valence-electron chi connectivity index (χ2n) is 3.03. The molecule has 0 heterocycles. The van der Waals surface area contributed by atoms with E-state index in [0.717, 1.165) is 17.7 Å². The van der Waals surface area contributed by atoms with E-state index in [0.29, 0.717) is 0 Å². The topological polar surface area (TPSA) is 26.3 Å². The Morgan fingerprint density at radius 3 is 2.79 bits per heavy atom. The van der Waals surface area contributed by atoms with Crippen molar-refractivity contribution in [2.75, 3.05) is 7.11 Å².